The molecule has 1 aromatic carbocycles. The number of halogens is 1. The lowest BCUT2D eigenvalue weighted by atomic mass is 10.0. The van der Waals surface area contributed by atoms with Gasteiger partial charge in [-0.05, 0) is 38.1 Å². The number of amides is 1. The van der Waals surface area contributed by atoms with E-state index in [9.17, 15) is 14.0 Å². The predicted molar refractivity (Wildman–Crippen MR) is 88.4 cm³/mol. The van der Waals surface area contributed by atoms with Crippen LogP contribution in [0.3, 0.4) is 0 Å². The van der Waals surface area contributed by atoms with Crippen molar-refractivity contribution in [2.24, 2.45) is 0 Å². The van der Waals surface area contributed by atoms with Crippen LogP contribution in [0.15, 0.2) is 30.6 Å². The lowest BCUT2D eigenvalue weighted by molar-refractivity contribution is -0.146. The highest BCUT2D eigenvalue weighted by Crippen LogP contribution is 2.27. The van der Waals surface area contributed by atoms with Crippen molar-refractivity contribution in [2.75, 3.05) is 7.11 Å². The SMILES string of the molecule is COC(=O)C1Cc2ncn(C(C)C)c2CN1C(=O)c1ccc(F)cc1. The summed E-state index contributed by atoms with van der Waals surface area (Å²) in [6, 6.07) is 4.74. The number of imidazole rings is 1. The summed E-state index contributed by atoms with van der Waals surface area (Å²) < 4.78 is 20.0. The Hall–Kier alpha value is -2.70. The van der Waals surface area contributed by atoms with E-state index in [2.05, 4.69) is 4.98 Å². The minimum absolute atomic E-state index is 0.189. The normalized spacial score (nSPS) is 16.7. The van der Waals surface area contributed by atoms with Crippen molar-refractivity contribution in [2.45, 2.75) is 38.9 Å². The second-order valence-electron chi connectivity index (χ2n) is 6.32. The van der Waals surface area contributed by atoms with Gasteiger partial charge >= 0.3 is 5.97 Å². The number of hydrogen-bond donors (Lipinski definition) is 0. The van der Waals surface area contributed by atoms with Crippen molar-refractivity contribution < 1.29 is 18.7 Å². The second-order valence-corrected chi connectivity index (χ2v) is 6.32. The Morgan fingerprint density at radius 3 is 2.56 bits per heavy atom. The number of nitrogens with zero attached hydrogens (tertiary/aromatic N) is 3. The molecule has 1 aliphatic rings. The zero-order valence-electron chi connectivity index (χ0n) is 14.4. The number of rotatable bonds is 3. The average molecular weight is 345 g/mol. The molecule has 1 amide bonds. The van der Waals surface area contributed by atoms with Gasteiger partial charge in [-0.1, -0.05) is 0 Å². The first-order chi connectivity index (χ1) is 11.9. The topological polar surface area (TPSA) is 64.4 Å². The third kappa shape index (κ3) is 3.14. The smallest absolute Gasteiger partial charge is 0.329 e. The van der Waals surface area contributed by atoms with E-state index in [1.54, 1.807) is 6.33 Å². The number of carbonyl (C=O) groups excluding carboxylic acids is 2. The molecule has 132 valence electrons. The highest BCUT2D eigenvalue weighted by Gasteiger charge is 2.38. The monoisotopic (exact) mass is 345 g/mol. The number of fused-ring (bicyclic) bond motifs is 1. The standard InChI is InChI=1S/C18H20FN3O3/c1-11(2)22-10-20-14-8-15(18(24)25-3)21(9-16(14)22)17(23)12-4-6-13(19)7-5-12/h4-7,10-11,15H,8-9H2,1-3H3. The van der Waals surface area contributed by atoms with E-state index < -0.39 is 17.8 Å². The van der Waals surface area contributed by atoms with Crippen molar-refractivity contribution in [3.63, 3.8) is 0 Å². The first kappa shape index (κ1) is 17.1. The van der Waals surface area contributed by atoms with E-state index >= 15 is 0 Å². The van der Waals surface area contributed by atoms with E-state index in [-0.39, 0.29) is 18.5 Å². The van der Waals surface area contributed by atoms with Gasteiger partial charge < -0.3 is 14.2 Å². The van der Waals surface area contributed by atoms with Gasteiger partial charge in [0, 0.05) is 18.0 Å². The number of methoxy groups -OCH3 is 1. The zero-order valence-corrected chi connectivity index (χ0v) is 14.4. The van der Waals surface area contributed by atoms with Crippen molar-refractivity contribution in [1.29, 1.82) is 0 Å². The molecule has 0 bridgehead atoms. The van der Waals surface area contributed by atoms with Crippen LogP contribution in [0.5, 0.6) is 0 Å². The van der Waals surface area contributed by atoms with Crippen LogP contribution in [-0.2, 0) is 22.5 Å². The van der Waals surface area contributed by atoms with E-state index in [0.717, 1.165) is 11.4 Å². The highest BCUT2D eigenvalue weighted by atomic mass is 19.1. The molecule has 7 heteroatoms. The molecule has 25 heavy (non-hydrogen) atoms. The fourth-order valence-corrected chi connectivity index (χ4v) is 3.10. The van der Waals surface area contributed by atoms with E-state index in [1.807, 2.05) is 18.4 Å². The zero-order chi connectivity index (χ0) is 18.1. The Balaban J connectivity index is 1.98. The Kier molecular flexibility index (Phi) is 4.57. The van der Waals surface area contributed by atoms with E-state index in [0.29, 0.717) is 12.0 Å². The molecule has 0 N–H and O–H groups in total. The van der Waals surface area contributed by atoms with Gasteiger partial charge in [-0.15, -0.1) is 0 Å². The highest BCUT2D eigenvalue weighted by molar-refractivity contribution is 5.97. The molecule has 3 rings (SSSR count). The number of esters is 1. The summed E-state index contributed by atoms with van der Waals surface area (Å²) in [6.07, 6.45) is 2.03. The number of ether oxygens (including phenoxy) is 1. The summed E-state index contributed by atoms with van der Waals surface area (Å²) in [6.45, 7) is 4.31. The Labute approximate surface area is 145 Å². The number of benzene rings is 1. The molecule has 2 heterocycles. The molecule has 0 spiro atoms. The third-order valence-electron chi connectivity index (χ3n) is 4.45. The first-order valence-electron chi connectivity index (χ1n) is 8.11. The van der Waals surface area contributed by atoms with Gasteiger partial charge in [0.1, 0.15) is 11.9 Å². The maximum atomic E-state index is 13.1. The molecule has 0 saturated heterocycles. The molecule has 2 aromatic rings. The molecule has 1 unspecified atom stereocenters. The van der Waals surface area contributed by atoms with Crippen LogP contribution in [-0.4, -0.2) is 39.5 Å². The summed E-state index contributed by atoms with van der Waals surface area (Å²) in [5, 5.41) is 0. The largest absolute Gasteiger partial charge is 0.467 e. The fourth-order valence-electron chi connectivity index (χ4n) is 3.10. The molecule has 0 saturated carbocycles. The van der Waals surface area contributed by atoms with E-state index in [1.165, 1.54) is 36.3 Å². The van der Waals surface area contributed by atoms with Gasteiger partial charge in [-0.25, -0.2) is 14.2 Å². The van der Waals surface area contributed by atoms with Crippen molar-refractivity contribution in [1.82, 2.24) is 14.5 Å². The van der Waals surface area contributed by atoms with Crippen LogP contribution < -0.4 is 0 Å². The summed E-state index contributed by atoms with van der Waals surface area (Å²) in [5.41, 5.74) is 2.03. The van der Waals surface area contributed by atoms with Gasteiger partial charge in [0.2, 0.25) is 0 Å². The molecule has 1 aromatic heterocycles. The van der Waals surface area contributed by atoms with Crippen LogP contribution in [0.1, 0.15) is 41.6 Å². The Morgan fingerprint density at radius 2 is 1.96 bits per heavy atom. The van der Waals surface area contributed by atoms with Crippen LogP contribution in [0.25, 0.3) is 0 Å². The first-order valence-corrected chi connectivity index (χ1v) is 8.11. The summed E-state index contributed by atoms with van der Waals surface area (Å²) >= 11 is 0. The van der Waals surface area contributed by atoms with Gasteiger partial charge in [-0.3, -0.25) is 4.79 Å². The molecule has 0 aliphatic carbocycles. The minimum atomic E-state index is -0.745. The summed E-state index contributed by atoms with van der Waals surface area (Å²) in [5.74, 6) is -1.24. The van der Waals surface area contributed by atoms with Gasteiger partial charge in [-0.2, -0.15) is 0 Å². The lowest BCUT2D eigenvalue weighted by Gasteiger charge is -2.34. The molecule has 0 fully saturated rings. The molecule has 1 atom stereocenters. The number of carbonyl (C=O) groups is 2. The van der Waals surface area contributed by atoms with Crippen LogP contribution in [0.2, 0.25) is 0 Å². The van der Waals surface area contributed by atoms with E-state index in [4.69, 9.17) is 4.74 Å². The average Bonchev–Trinajstić information content (AvgIpc) is 3.03. The maximum Gasteiger partial charge on any atom is 0.329 e. The van der Waals surface area contributed by atoms with Gasteiger partial charge in [0.15, 0.2) is 0 Å². The quantitative estimate of drug-likeness (QED) is 0.801. The Morgan fingerprint density at radius 1 is 1.28 bits per heavy atom. The number of hydrogen-bond acceptors (Lipinski definition) is 4. The van der Waals surface area contributed by atoms with Gasteiger partial charge in [0.05, 0.1) is 31.4 Å². The molecule has 1 aliphatic heterocycles. The fraction of sp³-hybridized carbons (Fsp3) is 0.389. The molecule has 6 nitrogen and oxygen atoms in total. The maximum absolute atomic E-state index is 13.1. The molecular formula is C18H20FN3O3. The predicted octanol–water partition coefficient (Wildman–Crippen LogP) is 2.34. The Bertz CT molecular complexity index is 798. The van der Waals surface area contributed by atoms with Crippen LogP contribution in [0, 0.1) is 5.82 Å². The van der Waals surface area contributed by atoms with Gasteiger partial charge in [0.25, 0.3) is 5.91 Å². The molecular weight excluding hydrogens is 325 g/mol. The third-order valence-corrected chi connectivity index (χ3v) is 4.45. The van der Waals surface area contributed by atoms with Crippen LogP contribution in [0.4, 0.5) is 4.39 Å². The second kappa shape index (κ2) is 6.66. The molecule has 0 radical (unpaired) electrons. The summed E-state index contributed by atoms with van der Waals surface area (Å²) in [4.78, 5) is 31.0. The van der Waals surface area contributed by atoms with Crippen molar-refractivity contribution in [3.8, 4) is 0 Å². The summed E-state index contributed by atoms with van der Waals surface area (Å²) in [7, 11) is 1.30. The van der Waals surface area contributed by atoms with Crippen molar-refractivity contribution in [3.05, 3.63) is 53.4 Å². The number of aromatic nitrogens is 2. The lowest BCUT2D eigenvalue weighted by Crippen LogP contribution is -2.49. The minimum Gasteiger partial charge on any atom is -0.467 e. The van der Waals surface area contributed by atoms with Crippen LogP contribution >= 0.6 is 0 Å². The van der Waals surface area contributed by atoms with Crippen molar-refractivity contribution >= 4 is 11.9 Å².